The van der Waals surface area contributed by atoms with Crippen LogP contribution < -0.4 is 15.4 Å². The molecule has 1 fully saturated rings. The minimum absolute atomic E-state index is 0.0467. The molecule has 1 saturated heterocycles. The van der Waals surface area contributed by atoms with E-state index in [-0.39, 0.29) is 17.9 Å². The summed E-state index contributed by atoms with van der Waals surface area (Å²) in [6, 6.07) is 5.88. The number of carbonyl (C=O) groups excluding carboxylic acids is 1. The number of likely N-dealkylation sites (tertiary alicyclic amines) is 1. The second kappa shape index (κ2) is 10.4. The first-order valence-electron chi connectivity index (χ1n) is 9.55. The number of hydrogen-bond donors (Lipinski definition) is 2. The standard InChI is InChI=1S/C20H31ClN4O2/c1-14(2)19(26)25-10-8-17(13-25)24-20(22-4)23-9-5-11-27-18-7-6-16(21)12-15(18)3/h6-7,12,14,17H,5,8-11,13H2,1-4H3,(H2,22,23,24). The molecule has 1 aromatic carbocycles. The van der Waals surface area contributed by atoms with Crippen molar-refractivity contribution < 1.29 is 9.53 Å². The minimum atomic E-state index is 0.0467. The van der Waals surface area contributed by atoms with E-state index in [9.17, 15) is 4.79 Å². The van der Waals surface area contributed by atoms with Crippen molar-refractivity contribution in [2.24, 2.45) is 10.9 Å². The third-order valence-corrected chi connectivity index (χ3v) is 4.80. The van der Waals surface area contributed by atoms with E-state index in [1.165, 1.54) is 0 Å². The lowest BCUT2D eigenvalue weighted by Gasteiger charge is -2.20. The highest BCUT2D eigenvalue weighted by Crippen LogP contribution is 2.21. The molecule has 2 N–H and O–H groups in total. The Bertz CT molecular complexity index is 663. The van der Waals surface area contributed by atoms with Crippen molar-refractivity contribution in [3.8, 4) is 5.75 Å². The number of nitrogens with zero attached hydrogens (tertiary/aromatic N) is 2. The van der Waals surface area contributed by atoms with Gasteiger partial charge in [0.15, 0.2) is 5.96 Å². The number of nitrogens with one attached hydrogen (secondary N) is 2. The smallest absolute Gasteiger partial charge is 0.225 e. The van der Waals surface area contributed by atoms with Crippen molar-refractivity contribution in [2.75, 3.05) is 33.3 Å². The van der Waals surface area contributed by atoms with Gasteiger partial charge in [-0.15, -0.1) is 0 Å². The molecule has 1 heterocycles. The summed E-state index contributed by atoms with van der Waals surface area (Å²) in [5.41, 5.74) is 1.04. The summed E-state index contributed by atoms with van der Waals surface area (Å²) in [6.07, 6.45) is 1.80. The van der Waals surface area contributed by atoms with Crippen molar-refractivity contribution in [1.29, 1.82) is 0 Å². The summed E-state index contributed by atoms with van der Waals surface area (Å²) in [6.45, 7) is 8.78. The molecule has 0 aromatic heterocycles. The highest BCUT2D eigenvalue weighted by atomic mass is 35.5. The number of hydrogen-bond acceptors (Lipinski definition) is 3. The number of benzene rings is 1. The fourth-order valence-electron chi connectivity index (χ4n) is 3.07. The maximum Gasteiger partial charge on any atom is 0.225 e. The van der Waals surface area contributed by atoms with Crippen molar-refractivity contribution in [2.45, 2.75) is 39.7 Å². The Morgan fingerprint density at radius 1 is 1.44 bits per heavy atom. The zero-order valence-electron chi connectivity index (χ0n) is 16.7. The molecule has 0 saturated carbocycles. The molecule has 1 unspecified atom stereocenters. The lowest BCUT2D eigenvalue weighted by molar-refractivity contribution is -0.133. The summed E-state index contributed by atoms with van der Waals surface area (Å²) in [4.78, 5) is 18.3. The molecule has 7 heteroatoms. The van der Waals surface area contributed by atoms with Crippen LogP contribution in [0.5, 0.6) is 5.75 Å². The predicted molar refractivity (Wildman–Crippen MR) is 111 cm³/mol. The van der Waals surface area contributed by atoms with Gasteiger partial charge in [-0.05, 0) is 43.5 Å². The Kier molecular flexibility index (Phi) is 8.23. The van der Waals surface area contributed by atoms with Crippen LogP contribution in [0.4, 0.5) is 0 Å². The molecule has 0 radical (unpaired) electrons. The van der Waals surface area contributed by atoms with Gasteiger partial charge in [-0.1, -0.05) is 25.4 Å². The molecule has 6 nitrogen and oxygen atoms in total. The summed E-state index contributed by atoms with van der Waals surface area (Å²) < 4.78 is 5.80. The molecule has 1 aliphatic heterocycles. The Balaban J connectivity index is 1.67. The van der Waals surface area contributed by atoms with Crippen molar-refractivity contribution in [3.05, 3.63) is 28.8 Å². The number of aliphatic imine (C=N–C) groups is 1. The predicted octanol–water partition coefficient (Wildman–Crippen LogP) is 2.84. The third-order valence-electron chi connectivity index (χ3n) is 4.57. The van der Waals surface area contributed by atoms with Crippen LogP contribution in [-0.2, 0) is 4.79 Å². The van der Waals surface area contributed by atoms with Gasteiger partial charge < -0.3 is 20.3 Å². The molecule has 1 amide bonds. The van der Waals surface area contributed by atoms with Crippen LogP contribution in [-0.4, -0.2) is 56.1 Å². The lowest BCUT2D eigenvalue weighted by Crippen LogP contribution is -2.45. The van der Waals surface area contributed by atoms with E-state index >= 15 is 0 Å². The van der Waals surface area contributed by atoms with Crippen LogP contribution in [0.3, 0.4) is 0 Å². The van der Waals surface area contributed by atoms with E-state index in [0.717, 1.165) is 54.8 Å². The Labute approximate surface area is 167 Å². The van der Waals surface area contributed by atoms with Crippen LogP contribution in [0.2, 0.25) is 5.02 Å². The van der Waals surface area contributed by atoms with Gasteiger partial charge in [-0.25, -0.2) is 0 Å². The van der Waals surface area contributed by atoms with Crippen LogP contribution in [0.1, 0.15) is 32.3 Å². The first-order chi connectivity index (χ1) is 12.9. The zero-order valence-corrected chi connectivity index (χ0v) is 17.5. The van der Waals surface area contributed by atoms with E-state index in [1.54, 1.807) is 7.05 Å². The van der Waals surface area contributed by atoms with Crippen molar-refractivity contribution in [3.63, 3.8) is 0 Å². The topological polar surface area (TPSA) is 66.0 Å². The fraction of sp³-hybridized carbons (Fsp3) is 0.600. The van der Waals surface area contributed by atoms with Gasteiger partial charge >= 0.3 is 0 Å². The molecular formula is C20H31ClN4O2. The number of rotatable bonds is 7. The fourth-order valence-corrected chi connectivity index (χ4v) is 3.29. The van der Waals surface area contributed by atoms with Crippen LogP contribution in [0.15, 0.2) is 23.2 Å². The first kappa shape index (κ1) is 21.4. The first-order valence-corrected chi connectivity index (χ1v) is 9.93. The van der Waals surface area contributed by atoms with Gasteiger partial charge in [0.2, 0.25) is 5.91 Å². The van der Waals surface area contributed by atoms with Crippen LogP contribution in [0.25, 0.3) is 0 Å². The third kappa shape index (κ3) is 6.61. The van der Waals surface area contributed by atoms with E-state index in [2.05, 4.69) is 15.6 Å². The van der Waals surface area contributed by atoms with Gasteiger partial charge in [0.1, 0.15) is 5.75 Å². The van der Waals surface area contributed by atoms with E-state index in [1.807, 2.05) is 43.9 Å². The van der Waals surface area contributed by atoms with E-state index < -0.39 is 0 Å². The van der Waals surface area contributed by atoms with Crippen molar-refractivity contribution >= 4 is 23.5 Å². The van der Waals surface area contributed by atoms with Gasteiger partial charge in [-0.2, -0.15) is 0 Å². The summed E-state index contributed by atoms with van der Waals surface area (Å²) in [5, 5.41) is 7.43. The quantitative estimate of drug-likeness (QED) is 0.424. The second-order valence-electron chi connectivity index (χ2n) is 7.18. The maximum atomic E-state index is 12.1. The van der Waals surface area contributed by atoms with E-state index in [0.29, 0.717) is 6.61 Å². The van der Waals surface area contributed by atoms with Gasteiger partial charge in [-0.3, -0.25) is 9.79 Å². The Morgan fingerprint density at radius 2 is 2.22 bits per heavy atom. The molecule has 0 spiro atoms. The summed E-state index contributed by atoms with van der Waals surface area (Å²) in [5.74, 6) is 1.90. The van der Waals surface area contributed by atoms with E-state index in [4.69, 9.17) is 16.3 Å². The SMILES string of the molecule is CN=C(NCCCOc1ccc(Cl)cc1C)NC1CCN(C(=O)C(C)C)C1. The molecule has 2 rings (SSSR count). The van der Waals surface area contributed by atoms with Gasteiger partial charge in [0.25, 0.3) is 0 Å². The molecular weight excluding hydrogens is 364 g/mol. The number of carbonyl (C=O) groups is 1. The lowest BCUT2D eigenvalue weighted by atomic mass is 10.2. The zero-order chi connectivity index (χ0) is 19.8. The van der Waals surface area contributed by atoms with Gasteiger partial charge in [0.05, 0.1) is 6.61 Å². The average Bonchev–Trinajstić information content (AvgIpc) is 3.09. The number of guanidine groups is 1. The minimum Gasteiger partial charge on any atom is -0.493 e. The summed E-state index contributed by atoms with van der Waals surface area (Å²) >= 11 is 5.96. The number of aryl methyl sites for hydroxylation is 1. The molecule has 27 heavy (non-hydrogen) atoms. The molecule has 1 aromatic rings. The second-order valence-corrected chi connectivity index (χ2v) is 7.62. The largest absolute Gasteiger partial charge is 0.493 e. The molecule has 150 valence electrons. The van der Waals surface area contributed by atoms with Crippen molar-refractivity contribution in [1.82, 2.24) is 15.5 Å². The Hall–Kier alpha value is -1.95. The number of halogens is 1. The summed E-state index contributed by atoms with van der Waals surface area (Å²) in [7, 11) is 1.76. The average molecular weight is 395 g/mol. The Morgan fingerprint density at radius 3 is 2.89 bits per heavy atom. The molecule has 0 bridgehead atoms. The van der Waals surface area contributed by atoms with Crippen LogP contribution in [0, 0.1) is 12.8 Å². The van der Waals surface area contributed by atoms with Gasteiger partial charge in [0, 0.05) is 43.7 Å². The molecule has 1 aliphatic rings. The normalized spacial score (nSPS) is 17.3. The molecule has 0 aliphatic carbocycles. The highest BCUT2D eigenvalue weighted by Gasteiger charge is 2.27. The highest BCUT2D eigenvalue weighted by molar-refractivity contribution is 6.30. The monoisotopic (exact) mass is 394 g/mol. The van der Waals surface area contributed by atoms with Crippen LogP contribution >= 0.6 is 11.6 Å². The molecule has 1 atom stereocenters. The number of ether oxygens (including phenoxy) is 1. The maximum absolute atomic E-state index is 12.1. The number of amides is 1.